The van der Waals surface area contributed by atoms with Crippen molar-refractivity contribution in [2.75, 3.05) is 0 Å². The van der Waals surface area contributed by atoms with Gasteiger partial charge in [-0.3, -0.25) is 0 Å². The van der Waals surface area contributed by atoms with Crippen molar-refractivity contribution in [2.24, 2.45) is 0 Å². The molecule has 62 heavy (non-hydrogen) atoms. The van der Waals surface area contributed by atoms with E-state index in [4.69, 9.17) is 23.8 Å². The van der Waals surface area contributed by atoms with Crippen LogP contribution in [0.2, 0.25) is 0 Å². The standard InChI is InChI=1S/C57H33N3O2/c1-3-14-34(15-4-1)38-32-46(53-44-22-11-12-24-49(44)62-52(53)33-38)36-27-29-50-48(30-36)54-45(23-13-25-51(54)61-50)57-59-55(35-16-5-2-6-17-35)58-56(60-57)37-26-28-43-41-20-8-7-18-39(41)40-19-9-10-21-42(40)47(43)31-37/h1-33H. The summed E-state index contributed by atoms with van der Waals surface area (Å²) in [5.41, 5.74) is 10.3. The number of fused-ring (bicyclic) bond motifs is 12. The smallest absolute Gasteiger partial charge is 0.164 e. The number of nitrogens with zero attached hydrogens (tertiary/aromatic N) is 3. The summed E-state index contributed by atoms with van der Waals surface area (Å²) in [6, 6.07) is 69.8. The third kappa shape index (κ3) is 5.38. The van der Waals surface area contributed by atoms with E-state index in [0.29, 0.717) is 17.5 Å². The second-order valence-corrected chi connectivity index (χ2v) is 15.9. The zero-order valence-electron chi connectivity index (χ0n) is 33.2. The van der Waals surface area contributed by atoms with Crippen LogP contribution in [0, 0.1) is 0 Å². The van der Waals surface area contributed by atoms with E-state index in [1.54, 1.807) is 0 Å². The number of aromatic nitrogens is 3. The maximum atomic E-state index is 6.61. The van der Waals surface area contributed by atoms with Gasteiger partial charge >= 0.3 is 0 Å². The van der Waals surface area contributed by atoms with Crippen molar-refractivity contribution in [1.82, 2.24) is 15.0 Å². The van der Waals surface area contributed by atoms with Gasteiger partial charge in [-0.05, 0) is 97.0 Å². The van der Waals surface area contributed by atoms with Crippen LogP contribution in [0.3, 0.4) is 0 Å². The first-order valence-corrected chi connectivity index (χ1v) is 20.8. The summed E-state index contributed by atoms with van der Waals surface area (Å²) >= 11 is 0. The fraction of sp³-hybridized carbons (Fsp3) is 0. The van der Waals surface area contributed by atoms with Crippen molar-refractivity contribution >= 4 is 76.2 Å². The fourth-order valence-corrected chi connectivity index (χ4v) is 9.45. The van der Waals surface area contributed by atoms with Crippen LogP contribution in [-0.2, 0) is 0 Å². The molecule has 0 saturated carbocycles. The average molecular weight is 792 g/mol. The lowest BCUT2D eigenvalue weighted by Crippen LogP contribution is -2.00. The van der Waals surface area contributed by atoms with Crippen LogP contribution in [0.25, 0.3) is 133 Å². The Kier molecular flexibility index (Phi) is 7.54. The zero-order valence-corrected chi connectivity index (χ0v) is 33.2. The highest BCUT2D eigenvalue weighted by Gasteiger charge is 2.21. The Bertz CT molecular complexity index is 3890. The van der Waals surface area contributed by atoms with Crippen LogP contribution >= 0.6 is 0 Å². The lowest BCUT2D eigenvalue weighted by Gasteiger charge is -2.13. The van der Waals surface area contributed by atoms with Crippen LogP contribution in [0.4, 0.5) is 0 Å². The molecule has 0 saturated heterocycles. The molecule has 0 spiro atoms. The van der Waals surface area contributed by atoms with Gasteiger partial charge in [-0.1, -0.05) is 158 Å². The SMILES string of the molecule is c1ccc(-c2cc(-c3ccc4oc5cccc(-c6nc(-c7ccccc7)nc(-c7ccc8c9ccccc9c9ccccc9c8c7)n6)c5c4c3)c3c(c2)oc2ccccc23)cc1. The van der Waals surface area contributed by atoms with Crippen molar-refractivity contribution in [3.63, 3.8) is 0 Å². The number of rotatable bonds is 5. The summed E-state index contributed by atoms with van der Waals surface area (Å²) in [6.45, 7) is 0. The first-order chi connectivity index (χ1) is 30.7. The van der Waals surface area contributed by atoms with Gasteiger partial charge in [0.1, 0.15) is 22.3 Å². The van der Waals surface area contributed by atoms with E-state index < -0.39 is 0 Å². The molecule has 3 aromatic heterocycles. The molecule has 0 amide bonds. The monoisotopic (exact) mass is 791 g/mol. The highest BCUT2D eigenvalue weighted by molar-refractivity contribution is 6.26. The maximum absolute atomic E-state index is 6.61. The molecule has 13 aromatic rings. The molecule has 5 heteroatoms. The molecule has 13 rings (SSSR count). The summed E-state index contributed by atoms with van der Waals surface area (Å²) in [5, 5.41) is 11.3. The lowest BCUT2D eigenvalue weighted by atomic mass is 9.93. The van der Waals surface area contributed by atoms with Gasteiger partial charge in [0, 0.05) is 38.2 Å². The third-order valence-corrected chi connectivity index (χ3v) is 12.3. The second-order valence-electron chi connectivity index (χ2n) is 15.9. The van der Waals surface area contributed by atoms with E-state index in [1.807, 2.05) is 60.7 Å². The Morgan fingerprint density at radius 3 is 1.50 bits per heavy atom. The highest BCUT2D eigenvalue weighted by Crippen LogP contribution is 2.44. The third-order valence-electron chi connectivity index (χ3n) is 12.3. The Morgan fingerprint density at radius 2 is 0.758 bits per heavy atom. The van der Waals surface area contributed by atoms with E-state index in [9.17, 15) is 0 Å². The molecule has 0 atom stereocenters. The summed E-state index contributed by atoms with van der Waals surface area (Å²) in [5.74, 6) is 1.78. The average Bonchev–Trinajstić information content (AvgIpc) is 3.92. The summed E-state index contributed by atoms with van der Waals surface area (Å²) < 4.78 is 13.1. The first kappa shape index (κ1) is 34.5. The molecule has 0 bridgehead atoms. The molecule has 0 aliphatic rings. The van der Waals surface area contributed by atoms with Gasteiger partial charge in [0.2, 0.25) is 0 Å². The Hall–Kier alpha value is -8.41. The predicted octanol–water partition coefficient (Wildman–Crippen LogP) is 15.5. The Morgan fingerprint density at radius 1 is 0.242 bits per heavy atom. The molecular formula is C57H33N3O2. The minimum absolute atomic E-state index is 0.574. The molecule has 10 aromatic carbocycles. The Labute approximate surface area is 355 Å². The number of hydrogen-bond acceptors (Lipinski definition) is 5. The quantitative estimate of drug-likeness (QED) is 0.162. The molecular weight excluding hydrogens is 759 g/mol. The van der Waals surface area contributed by atoms with E-state index in [2.05, 4.69) is 140 Å². The Balaban J connectivity index is 1.04. The molecule has 0 N–H and O–H groups in total. The minimum atomic E-state index is 0.574. The van der Waals surface area contributed by atoms with Gasteiger partial charge in [0.15, 0.2) is 17.5 Å². The van der Waals surface area contributed by atoms with E-state index in [1.165, 1.54) is 26.9 Å². The highest BCUT2D eigenvalue weighted by atomic mass is 16.3. The molecule has 0 fully saturated rings. The van der Waals surface area contributed by atoms with Gasteiger partial charge in [0.05, 0.1) is 0 Å². The molecule has 5 nitrogen and oxygen atoms in total. The van der Waals surface area contributed by atoms with Gasteiger partial charge < -0.3 is 8.83 Å². The molecule has 0 unspecified atom stereocenters. The normalized spacial score (nSPS) is 11.9. The second kappa shape index (κ2) is 13.6. The van der Waals surface area contributed by atoms with E-state index in [0.717, 1.165) is 88.2 Å². The summed E-state index contributed by atoms with van der Waals surface area (Å²) in [4.78, 5) is 15.7. The van der Waals surface area contributed by atoms with Gasteiger partial charge in [-0.2, -0.15) is 0 Å². The summed E-state index contributed by atoms with van der Waals surface area (Å²) in [6.07, 6.45) is 0. The van der Waals surface area contributed by atoms with Crippen molar-refractivity contribution in [3.05, 3.63) is 200 Å². The van der Waals surface area contributed by atoms with Crippen molar-refractivity contribution in [1.29, 1.82) is 0 Å². The van der Waals surface area contributed by atoms with Gasteiger partial charge in [0.25, 0.3) is 0 Å². The molecule has 288 valence electrons. The van der Waals surface area contributed by atoms with Crippen LogP contribution in [0.15, 0.2) is 209 Å². The minimum Gasteiger partial charge on any atom is -0.456 e. The number of furan rings is 2. The van der Waals surface area contributed by atoms with Gasteiger partial charge in [-0.15, -0.1) is 0 Å². The van der Waals surface area contributed by atoms with Crippen LogP contribution in [0.5, 0.6) is 0 Å². The van der Waals surface area contributed by atoms with Crippen LogP contribution < -0.4 is 0 Å². The van der Waals surface area contributed by atoms with Crippen molar-refractivity contribution in [3.8, 4) is 56.4 Å². The number of benzene rings is 10. The predicted molar refractivity (Wildman–Crippen MR) is 254 cm³/mol. The van der Waals surface area contributed by atoms with Crippen LogP contribution in [-0.4, -0.2) is 15.0 Å². The largest absolute Gasteiger partial charge is 0.456 e. The maximum Gasteiger partial charge on any atom is 0.164 e. The fourth-order valence-electron chi connectivity index (χ4n) is 9.45. The van der Waals surface area contributed by atoms with Crippen molar-refractivity contribution < 1.29 is 8.83 Å². The van der Waals surface area contributed by atoms with E-state index in [-0.39, 0.29) is 0 Å². The molecule has 0 radical (unpaired) electrons. The van der Waals surface area contributed by atoms with Crippen molar-refractivity contribution in [2.45, 2.75) is 0 Å². The van der Waals surface area contributed by atoms with Gasteiger partial charge in [-0.25, -0.2) is 15.0 Å². The molecule has 0 aliphatic heterocycles. The number of hydrogen-bond donors (Lipinski definition) is 0. The molecule has 0 aliphatic carbocycles. The topological polar surface area (TPSA) is 65.0 Å². The first-order valence-electron chi connectivity index (χ1n) is 20.8. The molecule has 3 heterocycles. The number of para-hydroxylation sites is 1. The zero-order chi connectivity index (χ0) is 40.7. The lowest BCUT2D eigenvalue weighted by molar-refractivity contribution is 0.669. The van der Waals surface area contributed by atoms with E-state index >= 15 is 0 Å². The van der Waals surface area contributed by atoms with Crippen LogP contribution in [0.1, 0.15) is 0 Å². The summed E-state index contributed by atoms with van der Waals surface area (Å²) in [7, 11) is 0.